The summed E-state index contributed by atoms with van der Waals surface area (Å²) in [6.07, 6.45) is 3.52. The Hall–Kier alpha value is -3.54. The lowest BCUT2D eigenvalue weighted by molar-refractivity contribution is 0.102. The molecule has 2 aromatic carbocycles. The summed E-state index contributed by atoms with van der Waals surface area (Å²) >= 11 is 6.13. The number of anilines is 1. The van der Waals surface area contributed by atoms with Crippen molar-refractivity contribution in [3.05, 3.63) is 77.2 Å². The van der Waals surface area contributed by atoms with E-state index in [0.29, 0.717) is 23.3 Å². The fourth-order valence-electron chi connectivity index (χ4n) is 3.40. The van der Waals surface area contributed by atoms with Crippen LogP contribution in [0.3, 0.4) is 0 Å². The predicted molar refractivity (Wildman–Crippen MR) is 124 cm³/mol. The second-order valence-electron chi connectivity index (χ2n) is 7.76. The van der Waals surface area contributed by atoms with E-state index in [4.69, 9.17) is 16.0 Å². The molecule has 1 saturated carbocycles. The highest BCUT2D eigenvalue weighted by Gasteiger charge is 2.28. The Bertz CT molecular complexity index is 1450. The monoisotopic (exact) mass is 498 g/mol. The van der Waals surface area contributed by atoms with Crippen LogP contribution >= 0.6 is 11.6 Å². The molecule has 0 saturated heterocycles. The first-order valence-corrected chi connectivity index (χ1v) is 12.3. The second kappa shape index (κ2) is 9.01. The van der Waals surface area contributed by atoms with Gasteiger partial charge < -0.3 is 9.73 Å². The van der Waals surface area contributed by atoms with Crippen LogP contribution in [0.5, 0.6) is 0 Å². The predicted octanol–water partition coefficient (Wildman–Crippen LogP) is 3.65. The number of carbonyl (C=O) groups excluding carboxylic acids is 1. The fraction of sp³-hybridized carbons (Fsp3) is 0.182. The van der Waals surface area contributed by atoms with Crippen molar-refractivity contribution in [3.8, 4) is 11.4 Å². The number of tetrazole rings is 1. The molecule has 0 bridgehead atoms. The number of sulfonamides is 1. The molecule has 10 nitrogen and oxygen atoms in total. The number of carbonyl (C=O) groups is 1. The molecular formula is C22H19ClN6O4S. The maximum atomic E-state index is 12.9. The van der Waals surface area contributed by atoms with E-state index in [1.807, 2.05) is 6.07 Å². The highest BCUT2D eigenvalue weighted by Crippen LogP contribution is 2.36. The highest BCUT2D eigenvalue weighted by molar-refractivity contribution is 7.89. The smallest absolute Gasteiger partial charge is 0.255 e. The average molecular weight is 499 g/mol. The summed E-state index contributed by atoms with van der Waals surface area (Å²) in [6.45, 7) is -0.0464. The number of rotatable bonds is 8. The van der Waals surface area contributed by atoms with Crippen LogP contribution in [-0.4, -0.2) is 34.5 Å². The lowest BCUT2D eigenvalue weighted by Crippen LogP contribution is -2.24. The standard InChI is InChI=1S/C22H19ClN6O4S/c23-19-9-6-15(12-20(19)34(31,32)24-13-18-5-2-10-33-18)22(30)25-16-4-1-3-14(11-16)21-26-27-28-29(21)17-7-8-17/h1-6,9-12,17,24H,7-8,13H2,(H,25,30). The van der Waals surface area contributed by atoms with Crippen LogP contribution in [0.2, 0.25) is 5.02 Å². The molecule has 12 heteroatoms. The van der Waals surface area contributed by atoms with E-state index in [2.05, 4.69) is 25.6 Å². The minimum Gasteiger partial charge on any atom is -0.468 e. The van der Waals surface area contributed by atoms with Gasteiger partial charge in [0, 0.05) is 16.8 Å². The minimum atomic E-state index is -3.99. The number of hydrogen-bond donors (Lipinski definition) is 2. The molecule has 1 fully saturated rings. The molecule has 174 valence electrons. The van der Waals surface area contributed by atoms with Gasteiger partial charge in [0.1, 0.15) is 10.7 Å². The summed E-state index contributed by atoms with van der Waals surface area (Å²) in [5, 5.41) is 14.7. The van der Waals surface area contributed by atoms with Gasteiger partial charge in [-0.25, -0.2) is 17.8 Å². The Kier molecular flexibility index (Phi) is 5.90. The Labute approximate surface area is 200 Å². The Morgan fingerprint density at radius 3 is 2.76 bits per heavy atom. The van der Waals surface area contributed by atoms with Crippen molar-refractivity contribution < 1.29 is 17.6 Å². The Morgan fingerprint density at radius 1 is 1.15 bits per heavy atom. The second-order valence-corrected chi connectivity index (χ2v) is 9.90. The topological polar surface area (TPSA) is 132 Å². The number of halogens is 1. The molecule has 1 amide bonds. The maximum Gasteiger partial charge on any atom is 0.255 e. The van der Waals surface area contributed by atoms with Gasteiger partial charge in [0.05, 0.1) is 23.9 Å². The summed E-state index contributed by atoms with van der Waals surface area (Å²) < 4.78 is 34.9. The van der Waals surface area contributed by atoms with E-state index in [1.54, 1.807) is 35.0 Å². The first kappa shape index (κ1) is 22.3. The molecule has 2 heterocycles. The molecule has 34 heavy (non-hydrogen) atoms. The van der Waals surface area contributed by atoms with E-state index in [-0.39, 0.29) is 22.0 Å². The van der Waals surface area contributed by atoms with Crippen molar-refractivity contribution in [2.75, 3.05) is 5.32 Å². The van der Waals surface area contributed by atoms with Crippen molar-refractivity contribution in [1.82, 2.24) is 24.9 Å². The van der Waals surface area contributed by atoms with Gasteiger partial charge in [-0.15, -0.1) is 5.10 Å². The normalized spacial score (nSPS) is 13.7. The lowest BCUT2D eigenvalue weighted by atomic mass is 10.1. The summed E-state index contributed by atoms with van der Waals surface area (Å²) in [4.78, 5) is 12.7. The SMILES string of the molecule is O=C(Nc1cccc(-c2nnnn2C2CC2)c1)c1ccc(Cl)c(S(=O)(=O)NCc2ccco2)c1. The third-order valence-electron chi connectivity index (χ3n) is 5.26. The number of aromatic nitrogens is 4. The summed E-state index contributed by atoms with van der Waals surface area (Å²) in [7, 11) is -3.99. The molecule has 2 N–H and O–H groups in total. The Morgan fingerprint density at radius 2 is 2.00 bits per heavy atom. The van der Waals surface area contributed by atoms with E-state index < -0.39 is 15.9 Å². The molecule has 0 atom stereocenters. The number of nitrogens with one attached hydrogen (secondary N) is 2. The van der Waals surface area contributed by atoms with Crippen LogP contribution in [-0.2, 0) is 16.6 Å². The van der Waals surface area contributed by atoms with Gasteiger partial charge in [0.2, 0.25) is 10.0 Å². The molecule has 1 aliphatic carbocycles. The number of hydrogen-bond acceptors (Lipinski definition) is 7. The molecule has 0 unspecified atom stereocenters. The zero-order valence-corrected chi connectivity index (χ0v) is 19.3. The van der Waals surface area contributed by atoms with Crippen molar-refractivity contribution in [2.45, 2.75) is 30.3 Å². The molecular weight excluding hydrogens is 480 g/mol. The molecule has 0 spiro atoms. The van der Waals surface area contributed by atoms with Crippen LogP contribution in [0.1, 0.15) is 35.0 Å². The van der Waals surface area contributed by atoms with E-state index in [1.165, 1.54) is 24.5 Å². The van der Waals surface area contributed by atoms with Gasteiger partial charge in [-0.05, 0) is 65.7 Å². The van der Waals surface area contributed by atoms with Crippen LogP contribution in [0.15, 0.2) is 70.2 Å². The summed E-state index contributed by atoms with van der Waals surface area (Å²) in [6, 6.07) is 14.8. The van der Waals surface area contributed by atoms with E-state index in [9.17, 15) is 13.2 Å². The van der Waals surface area contributed by atoms with Gasteiger partial charge in [0.15, 0.2) is 5.82 Å². The fourth-order valence-corrected chi connectivity index (χ4v) is 4.91. The Balaban J connectivity index is 1.35. The van der Waals surface area contributed by atoms with E-state index >= 15 is 0 Å². The molecule has 0 radical (unpaired) electrons. The van der Waals surface area contributed by atoms with Gasteiger partial charge >= 0.3 is 0 Å². The molecule has 0 aliphatic heterocycles. The largest absolute Gasteiger partial charge is 0.468 e. The van der Waals surface area contributed by atoms with Crippen LogP contribution in [0, 0.1) is 0 Å². The zero-order chi connectivity index (χ0) is 23.7. The van der Waals surface area contributed by atoms with Gasteiger partial charge in [-0.3, -0.25) is 4.79 Å². The number of nitrogens with zero attached hydrogens (tertiary/aromatic N) is 4. The molecule has 2 aromatic heterocycles. The van der Waals surface area contributed by atoms with Gasteiger partial charge in [0.25, 0.3) is 5.91 Å². The number of furan rings is 1. The van der Waals surface area contributed by atoms with Gasteiger partial charge in [-0.2, -0.15) is 0 Å². The van der Waals surface area contributed by atoms with Crippen LogP contribution in [0.4, 0.5) is 5.69 Å². The number of amides is 1. The highest BCUT2D eigenvalue weighted by atomic mass is 35.5. The first-order chi connectivity index (χ1) is 16.4. The van der Waals surface area contributed by atoms with Crippen LogP contribution < -0.4 is 10.0 Å². The van der Waals surface area contributed by atoms with Crippen molar-refractivity contribution >= 4 is 33.2 Å². The summed E-state index contributed by atoms with van der Waals surface area (Å²) in [5.74, 6) is 0.584. The van der Waals surface area contributed by atoms with Crippen molar-refractivity contribution in [1.29, 1.82) is 0 Å². The quantitative estimate of drug-likeness (QED) is 0.379. The summed E-state index contributed by atoms with van der Waals surface area (Å²) in [5.41, 5.74) is 1.41. The molecule has 5 rings (SSSR count). The van der Waals surface area contributed by atoms with E-state index in [0.717, 1.165) is 18.4 Å². The molecule has 1 aliphatic rings. The third kappa shape index (κ3) is 4.72. The zero-order valence-electron chi connectivity index (χ0n) is 17.7. The maximum absolute atomic E-state index is 12.9. The van der Waals surface area contributed by atoms with Crippen molar-refractivity contribution in [2.24, 2.45) is 0 Å². The average Bonchev–Trinajstić information content (AvgIpc) is 3.31. The minimum absolute atomic E-state index is 0.00240. The third-order valence-corrected chi connectivity index (χ3v) is 7.15. The molecule has 4 aromatic rings. The van der Waals surface area contributed by atoms with Crippen LogP contribution in [0.25, 0.3) is 11.4 Å². The van der Waals surface area contributed by atoms with Gasteiger partial charge in [-0.1, -0.05) is 23.7 Å². The van der Waals surface area contributed by atoms with Crippen molar-refractivity contribution in [3.63, 3.8) is 0 Å². The first-order valence-electron chi connectivity index (χ1n) is 10.4. The number of benzene rings is 2. The lowest BCUT2D eigenvalue weighted by Gasteiger charge is -2.11.